The van der Waals surface area contributed by atoms with Gasteiger partial charge in [0.25, 0.3) is 0 Å². The van der Waals surface area contributed by atoms with E-state index in [1.54, 1.807) is 0 Å². The number of carboxylic acid groups (broad SMARTS) is 1. The zero-order valence-corrected chi connectivity index (χ0v) is 10.4. The number of aliphatic carboxylic acids is 1. The zero-order chi connectivity index (χ0) is 13.7. The fraction of sp³-hybridized carbons (Fsp3) is 0.462. The molecule has 1 atom stereocenters. The third kappa shape index (κ3) is 4.41. The Morgan fingerprint density at radius 1 is 1.39 bits per heavy atom. The van der Waals surface area contributed by atoms with Gasteiger partial charge in [-0.15, -0.1) is 0 Å². The molecule has 0 radical (unpaired) electrons. The highest BCUT2D eigenvalue weighted by Gasteiger charge is 2.18. The molecule has 1 aromatic rings. The molecular formula is C13H17F2NO2. The van der Waals surface area contributed by atoms with Crippen LogP contribution in [0.1, 0.15) is 25.8 Å². The quantitative estimate of drug-likeness (QED) is 0.823. The molecule has 1 unspecified atom stereocenters. The number of rotatable bonds is 6. The van der Waals surface area contributed by atoms with E-state index < -0.39 is 23.6 Å². The molecule has 0 saturated carbocycles. The molecule has 0 aliphatic carbocycles. The fourth-order valence-corrected chi connectivity index (χ4v) is 1.65. The first-order valence-corrected chi connectivity index (χ1v) is 5.80. The average molecular weight is 257 g/mol. The smallest absolute Gasteiger partial charge is 0.320 e. The van der Waals surface area contributed by atoms with Crippen molar-refractivity contribution >= 4 is 5.97 Å². The molecule has 0 saturated heterocycles. The highest BCUT2D eigenvalue weighted by Crippen LogP contribution is 2.11. The van der Waals surface area contributed by atoms with Crippen LogP contribution in [0.15, 0.2) is 18.2 Å². The van der Waals surface area contributed by atoms with Crippen LogP contribution in [-0.4, -0.2) is 17.1 Å². The maximum Gasteiger partial charge on any atom is 0.320 e. The van der Waals surface area contributed by atoms with Crippen LogP contribution < -0.4 is 5.32 Å². The molecule has 0 spiro atoms. The standard InChI is InChI=1S/C13H17F2NO2/c1-8(2)5-12(13(17)18)16-7-9-6-10(14)3-4-11(9)15/h3-4,6,8,12,16H,5,7H2,1-2H3,(H,17,18). The van der Waals surface area contributed by atoms with Gasteiger partial charge in [0.1, 0.15) is 17.7 Å². The van der Waals surface area contributed by atoms with E-state index in [1.165, 1.54) is 0 Å². The molecule has 18 heavy (non-hydrogen) atoms. The minimum atomic E-state index is -0.986. The zero-order valence-electron chi connectivity index (χ0n) is 10.4. The van der Waals surface area contributed by atoms with Gasteiger partial charge in [0.05, 0.1) is 0 Å². The molecule has 5 heteroatoms. The topological polar surface area (TPSA) is 49.3 Å². The van der Waals surface area contributed by atoms with Gasteiger partial charge < -0.3 is 10.4 Å². The molecule has 0 amide bonds. The van der Waals surface area contributed by atoms with Crippen LogP contribution in [0, 0.1) is 17.6 Å². The Bertz CT molecular complexity index is 421. The summed E-state index contributed by atoms with van der Waals surface area (Å²) in [4.78, 5) is 11.0. The number of halogens is 2. The Labute approximate surface area is 105 Å². The van der Waals surface area contributed by atoms with Gasteiger partial charge in [-0.2, -0.15) is 0 Å². The summed E-state index contributed by atoms with van der Waals surface area (Å²) in [6.07, 6.45) is 0.437. The van der Waals surface area contributed by atoms with Crippen molar-refractivity contribution in [2.75, 3.05) is 0 Å². The minimum Gasteiger partial charge on any atom is -0.480 e. The molecule has 0 fully saturated rings. The molecule has 1 rings (SSSR count). The fourth-order valence-electron chi connectivity index (χ4n) is 1.65. The maximum absolute atomic E-state index is 13.3. The number of nitrogens with one attached hydrogen (secondary N) is 1. The van der Waals surface area contributed by atoms with E-state index in [9.17, 15) is 13.6 Å². The van der Waals surface area contributed by atoms with Crippen LogP contribution in [0.2, 0.25) is 0 Å². The number of hydrogen-bond donors (Lipinski definition) is 2. The lowest BCUT2D eigenvalue weighted by Crippen LogP contribution is -2.37. The lowest BCUT2D eigenvalue weighted by molar-refractivity contribution is -0.140. The van der Waals surface area contributed by atoms with Gasteiger partial charge in [0.2, 0.25) is 0 Å². The molecule has 0 aliphatic heterocycles. The van der Waals surface area contributed by atoms with Crippen molar-refractivity contribution in [1.29, 1.82) is 0 Å². The molecule has 0 heterocycles. The summed E-state index contributed by atoms with van der Waals surface area (Å²) in [5.41, 5.74) is 0.130. The van der Waals surface area contributed by atoms with Crippen molar-refractivity contribution in [1.82, 2.24) is 5.32 Å². The van der Waals surface area contributed by atoms with Crippen LogP contribution >= 0.6 is 0 Å². The first-order chi connectivity index (χ1) is 8.40. The Hall–Kier alpha value is -1.49. The Balaban J connectivity index is 2.66. The normalized spacial score (nSPS) is 12.7. The van der Waals surface area contributed by atoms with Crippen LogP contribution in [0.5, 0.6) is 0 Å². The van der Waals surface area contributed by atoms with Crippen LogP contribution in [0.4, 0.5) is 8.78 Å². The van der Waals surface area contributed by atoms with Crippen molar-refractivity contribution in [3.8, 4) is 0 Å². The predicted molar refractivity (Wildman–Crippen MR) is 64.1 cm³/mol. The average Bonchev–Trinajstić information content (AvgIpc) is 2.27. The van der Waals surface area contributed by atoms with Crippen molar-refractivity contribution in [2.24, 2.45) is 5.92 Å². The van der Waals surface area contributed by atoms with Crippen molar-refractivity contribution in [2.45, 2.75) is 32.9 Å². The number of benzene rings is 1. The Morgan fingerprint density at radius 2 is 2.06 bits per heavy atom. The number of hydrogen-bond acceptors (Lipinski definition) is 2. The van der Waals surface area contributed by atoms with Gasteiger partial charge in [0.15, 0.2) is 0 Å². The van der Waals surface area contributed by atoms with Gasteiger partial charge >= 0.3 is 5.97 Å². The Kier molecular flexibility index (Phi) is 5.22. The summed E-state index contributed by atoms with van der Waals surface area (Å²) >= 11 is 0. The molecular weight excluding hydrogens is 240 g/mol. The second kappa shape index (κ2) is 6.44. The lowest BCUT2D eigenvalue weighted by atomic mass is 10.0. The molecule has 0 bridgehead atoms. The van der Waals surface area contributed by atoms with E-state index in [-0.39, 0.29) is 18.0 Å². The van der Waals surface area contributed by atoms with E-state index in [1.807, 2.05) is 13.8 Å². The lowest BCUT2D eigenvalue weighted by Gasteiger charge is -2.16. The molecule has 0 aromatic heterocycles. The monoisotopic (exact) mass is 257 g/mol. The van der Waals surface area contributed by atoms with Crippen molar-refractivity contribution < 1.29 is 18.7 Å². The third-order valence-electron chi connectivity index (χ3n) is 2.55. The summed E-state index contributed by atoms with van der Waals surface area (Å²) in [7, 11) is 0. The van der Waals surface area contributed by atoms with Gasteiger partial charge in [-0.25, -0.2) is 8.78 Å². The van der Waals surface area contributed by atoms with Crippen LogP contribution in [-0.2, 0) is 11.3 Å². The van der Waals surface area contributed by atoms with E-state index >= 15 is 0 Å². The first-order valence-electron chi connectivity index (χ1n) is 5.80. The highest BCUT2D eigenvalue weighted by atomic mass is 19.1. The summed E-state index contributed by atoms with van der Waals surface area (Å²) in [6.45, 7) is 3.80. The highest BCUT2D eigenvalue weighted by molar-refractivity contribution is 5.73. The number of carbonyl (C=O) groups is 1. The molecule has 3 nitrogen and oxygen atoms in total. The van der Waals surface area contributed by atoms with Gasteiger partial charge in [-0.3, -0.25) is 4.79 Å². The van der Waals surface area contributed by atoms with Crippen molar-refractivity contribution in [3.05, 3.63) is 35.4 Å². The minimum absolute atomic E-state index is 0.00667. The first kappa shape index (κ1) is 14.6. The molecule has 100 valence electrons. The largest absolute Gasteiger partial charge is 0.480 e. The molecule has 0 aliphatic rings. The Morgan fingerprint density at radius 3 is 2.61 bits per heavy atom. The van der Waals surface area contributed by atoms with E-state index in [0.29, 0.717) is 6.42 Å². The second-order valence-corrected chi connectivity index (χ2v) is 4.64. The van der Waals surface area contributed by atoms with E-state index in [4.69, 9.17) is 5.11 Å². The predicted octanol–water partition coefficient (Wildman–Crippen LogP) is 2.55. The summed E-state index contributed by atoms with van der Waals surface area (Å²) in [5.74, 6) is -1.86. The third-order valence-corrected chi connectivity index (χ3v) is 2.55. The van der Waals surface area contributed by atoms with Gasteiger partial charge in [-0.1, -0.05) is 13.8 Å². The van der Waals surface area contributed by atoms with Gasteiger partial charge in [0, 0.05) is 12.1 Å². The summed E-state index contributed by atoms with van der Waals surface area (Å²) < 4.78 is 26.3. The summed E-state index contributed by atoms with van der Waals surface area (Å²) in [5, 5.41) is 11.7. The summed E-state index contributed by atoms with van der Waals surface area (Å²) in [6, 6.07) is 2.37. The van der Waals surface area contributed by atoms with E-state index in [0.717, 1.165) is 18.2 Å². The number of carboxylic acids is 1. The maximum atomic E-state index is 13.3. The van der Waals surface area contributed by atoms with Gasteiger partial charge in [-0.05, 0) is 30.5 Å². The second-order valence-electron chi connectivity index (χ2n) is 4.64. The van der Waals surface area contributed by atoms with Crippen LogP contribution in [0.3, 0.4) is 0 Å². The molecule has 1 aromatic carbocycles. The van der Waals surface area contributed by atoms with Crippen molar-refractivity contribution in [3.63, 3.8) is 0 Å². The van der Waals surface area contributed by atoms with Crippen LogP contribution in [0.25, 0.3) is 0 Å². The van der Waals surface area contributed by atoms with E-state index in [2.05, 4.69) is 5.32 Å². The SMILES string of the molecule is CC(C)CC(NCc1cc(F)ccc1F)C(=O)O. The molecule has 2 N–H and O–H groups in total.